The van der Waals surface area contributed by atoms with Crippen molar-refractivity contribution in [1.29, 1.82) is 5.26 Å². The Labute approximate surface area is 111 Å². The van der Waals surface area contributed by atoms with Gasteiger partial charge in [0.1, 0.15) is 11.6 Å². The van der Waals surface area contributed by atoms with E-state index in [9.17, 15) is 9.59 Å². The van der Waals surface area contributed by atoms with Gasteiger partial charge in [-0.15, -0.1) is 0 Å². The molecule has 0 saturated carbocycles. The summed E-state index contributed by atoms with van der Waals surface area (Å²) < 4.78 is 5.34. The van der Waals surface area contributed by atoms with Gasteiger partial charge in [0.15, 0.2) is 0 Å². The number of nitrogens with zero attached hydrogens (tertiary/aromatic N) is 1. The molecule has 1 saturated heterocycles. The molecule has 19 heavy (non-hydrogen) atoms. The molecule has 0 spiro atoms. The van der Waals surface area contributed by atoms with E-state index in [4.69, 9.17) is 15.1 Å². The van der Waals surface area contributed by atoms with Crippen molar-refractivity contribution >= 4 is 11.9 Å². The molecule has 0 radical (unpaired) electrons. The molecule has 1 atom stereocenters. The van der Waals surface area contributed by atoms with E-state index < -0.39 is 11.9 Å². The second-order valence-electron chi connectivity index (χ2n) is 4.11. The second kappa shape index (κ2) is 8.11. The van der Waals surface area contributed by atoms with Gasteiger partial charge in [0.2, 0.25) is 0 Å². The third-order valence-electron chi connectivity index (χ3n) is 2.61. The molecule has 1 heterocycles. The Bertz CT molecular complexity index is 394. The molecule has 0 aromatic rings. The number of rotatable bonds is 7. The molecule has 0 aromatic carbocycles. The maximum atomic E-state index is 11.6. The first-order valence-corrected chi connectivity index (χ1v) is 6.08. The lowest BCUT2D eigenvalue weighted by Gasteiger charge is -2.10. The van der Waals surface area contributed by atoms with Gasteiger partial charge in [0, 0.05) is 25.9 Å². The first kappa shape index (κ1) is 15.0. The van der Waals surface area contributed by atoms with Crippen molar-refractivity contribution in [1.82, 2.24) is 10.6 Å². The standard InChI is InChI=1S/C12H17N3O4/c13-6-9(7-14-4-3-11(16)17)12(18)15-8-10-2-1-5-19-10/h7,10,14H,1-5,8H2,(H,15,18)(H,16,17)/b9-7-. The Morgan fingerprint density at radius 2 is 2.32 bits per heavy atom. The average molecular weight is 267 g/mol. The number of carboxylic acid groups (broad SMARTS) is 1. The fraction of sp³-hybridized carbons (Fsp3) is 0.583. The Balaban J connectivity index is 2.31. The lowest BCUT2D eigenvalue weighted by atomic mass is 10.2. The van der Waals surface area contributed by atoms with Crippen LogP contribution in [0.5, 0.6) is 0 Å². The third-order valence-corrected chi connectivity index (χ3v) is 2.61. The van der Waals surface area contributed by atoms with Gasteiger partial charge < -0.3 is 20.5 Å². The molecule has 3 N–H and O–H groups in total. The van der Waals surface area contributed by atoms with Crippen molar-refractivity contribution in [3.05, 3.63) is 11.8 Å². The van der Waals surface area contributed by atoms with E-state index in [1.165, 1.54) is 6.20 Å². The van der Waals surface area contributed by atoms with Gasteiger partial charge in [-0.25, -0.2) is 0 Å². The minimum atomic E-state index is -0.942. The predicted octanol–water partition coefficient (Wildman–Crippen LogP) is -0.247. The number of nitriles is 1. The fourth-order valence-corrected chi connectivity index (χ4v) is 1.61. The number of aliphatic carboxylic acids is 1. The van der Waals surface area contributed by atoms with E-state index in [1.807, 2.05) is 0 Å². The minimum Gasteiger partial charge on any atom is -0.481 e. The highest BCUT2D eigenvalue weighted by Gasteiger charge is 2.17. The number of hydrogen-bond donors (Lipinski definition) is 3. The summed E-state index contributed by atoms with van der Waals surface area (Å²) in [5.41, 5.74) is -0.0802. The van der Waals surface area contributed by atoms with E-state index in [0.717, 1.165) is 12.8 Å². The normalized spacial score (nSPS) is 18.7. The average Bonchev–Trinajstić information content (AvgIpc) is 2.89. The summed E-state index contributed by atoms with van der Waals surface area (Å²) in [6.07, 6.45) is 3.06. The Kier molecular flexibility index (Phi) is 6.39. The highest BCUT2D eigenvalue weighted by atomic mass is 16.5. The lowest BCUT2D eigenvalue weighted by Crippen LogP contribution is -2.33. The van der Waals surface area contributed by atoms with Gasteiger partial charge in [0.05, 0.1) is 12.5 Å². The maximum Gasteiger partial charge on any atom is 0.305 e. The number of ether oxygens (including phenoxy) is 1. The molecule has 0 aliphatic carbocycles. The zero-order valence-corrected chi connectivity index (χ0v) is 10.5. The fourth-order valence-electron chi connectivity index (χ4n) is 1.61. The molecule has 1 unspecified atom stereocenters. The Morgan fingerprint density at radius 3 is 2.89 bits per heavy atom. The van der Waals surface area contributed by atoms with Crippen LogP contribution in [0.1, 0.15) is 19.3 Å². The van der Waals surface area contributed by atoms with E-state index in [2.05, 4.69) is 10.6 Å². The number of carbonyl (C=O) groups is 2. The van der Waals surface area contributed by atoms with Crippen molar-refractivity contribution in [2.45, 2.75) is 25.4 Å². The summed E-state index contributed by atoms with van der Waals surface area (Å²) in [5.74, 6) is -1.43. The van der Waals surface area contributed by atoms with Crippen molar-refractivity contribution in [3.8, 4) is 6.07 Å². The summed E-state index contributed by atoms with van der Waals surface area (Å²) in [7, 11) is 0. The summed E-state index contributed by atoms with van der Waals surface area (Å²) in [6.45, 7) is 1.25. The first-order valence-electron chi connectivity index (χ1n) is 6.08. The van der Waals surface area contributed by atoms with Crippen LogP contribution >= 0.6 is 0 Å². The van der Waals surface area contributed by atoms with Crippen molar-refractivity contribution in [2.24, 2.45) is 0 Å². The van der Waals surface area contributed by atoms with Gasteiger partial charge in [-0.05, 0) is 12.8 Å². The molecular formula is C12H17N3O4. The number of hydrogen-bond acceptors (Lipinski definition) is 5. The largest absolute Gasteiger partial charge is 0.481 e. The predicted molar refractivity (Wildman–Crippen MR) is 65.9 cm³/mol. The van der Waals surface area contributed by atoms with Gasteiger partial charge in [-0.3, -0.25) is 9.59 Å². The number of carbonyl (C=O) groups excluding carboxylic acids is 1. The van der Waals surface area contributed by atoms with Crippen LogP contribution in [-0.4, -0.2) is 42.8 Å². The molecular weight excluding hydrogens is 250 g/mol. The van der Waals surface area contributed by atoms with Crippen LogP contribution in [0.2, 0.25) is 0 Å². The third kappa shape index (κ3) is 5.88. The summed E-state index contributed by atoms with van der Waals surface area (Å²) in [6, 6.07) is 1.76. The van der Waals surface area contributed by atoms with Crippen molar-refractivity contribution < 1.29 is 19.4 Å². The van der Waals surface area contributed by atoms with Gasteiger partial charge in [0.25, 0.3) is 5.91 Å². The Morgan fingerprint density at radius 1 is 1.53 bits per heavy atom. The smallest absolute Gasteiger partial charge is 0.305 e. The molecule has 1 amide bonds. The number of carboxylic acids is 1. The van der Waals surface area contributed by atoms with Crippen molar-refractivity contribution in [3.63, 3.8) is 0 Å². The van der Waals surface area contributed by atoms with E-state index in [-0.39, 0.29) is 24.6 Å². The zero-order valence-electron chi connectivity index (χ0n) is 10.5. The van der Waals surface area contributed by atoms with Crippen LogP contribution in [0.25, 0.3) is 0 Å². The quantitative estimate of drug-likeness (QED) is 0.333. The highest BCUT2D eigenvalue weighted by molar-refractivity contribution is 5.97. The van der Waals surface area contributed by atoms with Crippen LogP contribution in [0.3, 0.4) is 0 Å². The van der Waals surface area contributed by atoms with Crippen LogP contribution < -0.4 is 10.6 Å². The Hall–Kier alpha value is -2.07. The number of amides is 1. The van der Waals surface area contributed by atoms with Gasteiger partial charge in [-0.2, -0.15) is 5.26 Å². The molecule has 104 valence electrons. The van der Waals surface area contributed by atoms with Gasteiger partial charge >= 0.3 is 5.97 Å². The van der Waals surface area contributed by atoms with Crippen molar-refractivity contribution in [2.75, 3.05) is 19.7 Å². The van der Waals surface area contributed by atoms with Crippen LogP contribution in [0.15, 0.2) is 11.8 Å². The van der Waals surface area contributed by atoms with Crippen LogP contribution in [-0.2, 0) is 14.3 Å². The van der Waals surface area contributed by atoms with Crippen LogP contribution in [0.4, 0.5) is 0 Å². The van der Waals surface area contributed by atoms with E-state index in [1.54, 1.807) is 6.07 Å². The molecule has 1 fully saturated rings. The lowest BCUT2D eigenvalue weighted by molar-refractivity contribution is -0.136. The molecule has 0 bridgehead atoms. The maximum absolute atomic E-state index is 11.6. The number of nitrogens with one attached hydrogen (secondary N) is 2. The van der Waals surface area contributed by atoms with E-state index in [0.29, 0.717) is 13.2 Å². The SMILES string of the molecule is N#C/C(=C/NCCC(=O)O)C(=O)NCC1CCCO1. The molecule has 7 nitrogen and oxygen atoms in total. The zero-order chi connectivity index (χ0) is 14.1. The summed E-state index contributed by atoms with van der Waals surface area (Å²) in [5, 5.41) is 22.5. The molecule has 7 heteroatoms. The van der Waals surface area contributed by atoms with Crippen LogP contribution in [0, 0.1) is 11.3 Å². The van der Waals surface area contributed by atoms with Gasteiger partial charge in [-0.1, -0.05) is 0 Å². The molecule has 0 aromatic heterocycles. The molecule has 1 aliphatic heterocycles. The summed E-state index contributed by atoms with van der Waals surface area (Å²) in [4.78, 5) is 21.9. The molecule has 1 aliphatic rings. The van der Waals surface area contributed by atoms with E-state index >= 15 is 0 Å². The highest BCUT2D eigenvalue weighted by Crippen LogP contribution is 2.10. The molecule has 1 rings (SSSR count). The second-order valence-corrected chi connectivity index (χ2v) is 4.11. The summed E-state index contributed by atoms with van der Waals surface area (Å²) >= 11 is 0. The topological polar surface area (TPSA) is 111 Å². The first-order chi connectivity index (χ1) is 9.13. The monoisotopic (exact) mass is 267 g/mol. The minimum absolute atomic E-state index is 0.0175.